The van der Waals surface area contributed by atoms with Gasteiger partial charge in [-0.05, 0) is 6.07 Å². The van der Waals surface area contributed by atoms with Crippen molar-refractivity contribution in [2.24, 2.45) is 0 Å². The van der Waals surface area contributed by atoms with Crippen LogP contribution < -0.4 is 17.0 Å². The molecule has 6 nitrogen and oxygen atoms in total. The molecule has 0 bridgehead atoms. The quantitative estimate of drug-likeness (QED) is 0.522. The highest BCUT2D eigenvalue weighted by Crippen LogP contribution is 2.30. The molecule has 3 rings (SSSR count). The van der Waals surface area contributed by atoms with E-state index in [-0.39, 0.29) is 22.8 Å². The van der Waals surface area contributed by atoms with Crippen LogP contribution in [0.5, 0.6) is 0 Å². The van der Waals surface area contributed by atoms with E-state index in [9.17, 15) is 5.26 Å². The number of rotatable bonds is 0. The summed E-state index contributed by atoms with van der Waals surface area (Å²) in [6.07, 6.45) is 0. The van der Waals surface area contributed by atoms with Gasteiger partial charge in [-0.2, -0.15) is 5.26 Å². The first-order valence-electron chi connectivity index (χ1n) is 5.48. The van der Waals surface area contributed by atoms with Gasteiger partial charge in [0.2, 0.25) is 5.55 Å². The standard InChI is InChI=1S/C13H9N5O/c14-5-7-9-6-3-1-2-4-8(6)19-13(17)10(9)12(16)18-11(7)15/h1-4,17H,(H4,15,16,18). The number of pyridine rings is 1. The number of benzene rings is 1. The van der Waals surface area contributed by atoms with Crippen molar-refractivity contribution in [3.63, 3.8) is 0 Å². The van der Waals surface area contributed by atoms with Crippen molar-refractivity contribution in [3.05, 3.63) is 35.4 Å². The Morgan fingerprint density at radius 2 is 1.89 bits per heavy atom. The van der Waals surface area contributed by atoms with E-state index in [0.717, 1.165) is 0 Å². The average molecular weight is 251 g/mol. The van der Waals surface area contributed by atoms with Crippen molar-refractivity contribution in [1.29, 1.82) is 10.7 Å². The third-order valence-corrected chi connectivity index (χ3v) is 2.96. The summed E-state index contributed by atoms with van der Waals surface area (Å²) < 4.78 is 5.39. The molecule has 0 aliphatic carbocycles. The van der Waals surface area contributed by atoms with Crippen LogP contribution >= 0.6 is 0 Å². The maximum absolute atomic E-state index is 9.26. The maximum atomic E-state index is 9.26. The summed E-state index contributed by atoms with van der Waals surface area (Å²) >= 11 is 0. The second-order valence-corrected chi connectivity index (χ2v) is 4.05. The van der Waals surface area contributed by atoms with Crippen molar-refractivity contribution >= 4 is 33.4 Å². The zero-order valence-corrected chi connectivity index (χ0v) is 9.77. The number of hydrogen-bond donors (Lipinski definition) is 3. The number of para-hydroxylation sites is 1. The molecule has 0 aliphatic heterocycles. The van der Waals surface area contributed by atoms with Gasteiger partial charge in [0.05, 0.1) is 5.39 Å². The molecule has 0 aliphatic rings. The second-order valence-electron chi connectivity index (χ2n) is 4.05. The zero-order valence-electron chi connectivity index (χ0n) is 9.77. The Bertz CT molecular complexity index is 920. The minimum Gasteiger partial charge on any atom is -0.438 e. The number of hydrogen-bond acceptors (Lipinski definition) is 6. The topological polar surface area (TPSA) is 126 Å². The predicted octanol–water partition coefficient (Wildman–Crippen LogP) is 1.50. The van der Waals surface area contributed by atoms with Crippen molar-refractivity contribution in [2.45, 2.75) is 0 Å². The maximum Gasteiger partial charge on any atom is 0.223 e. The van der Waals surface area contributed by atoms with Gasteiger partial charge >= 0.3 is 0 Å². The van der Waals surface area contributed by atoms with E-state index in [0.29, 0.717) is 21.7 Å². The molecule has 0 fully saturated rings. The summed E-state index contributed by atoms with van der Waals surface area (Å²) in [5, 5.41) is 18.7. The van der Waals surface area contributed by atoms with Crippen LogP contribution in [0, 0.1) is 16.7 Å². The van der Waals surface area contributed by atoms with Crippen molar-refractivity contribution in [2.75, 3.05) is 11.5 Å². The fourth-order valence-corrected chi connectivity index (χ4v) is 2.16. The predicted molar refractivity (Wildman–Crippen MR) is 70.9 cm³/mol. The molecule has 19 heavy (non-hydrogen) atoms. The van der Waals surface area contributed by atoms with Gasteiger partial charge < -0.3 is 15.9 Å². The van der Waals surface area contributed by atoms with Crippen LogP contribution in [0.2, 0.25) is 0 Å². The Hall–Kier alpha value is -3.07. The zero-order chi connectivity index (χ0) is 13.6. The molecule has 6 heteroatoms. The summed E-state index contributed by atoms with van der Waals surface area (Å²) in [4.78, 5) is 3.89. The van der Waals surface area contributed by atoms with Gasteiger partial charge in [0.1, 0.15) is 28.9 Å². The molecule has 92 valence electrons. The Labute approximate surface area is 107 Å². The number of anilines is 2. The monoisotopic (exact) mass is 251 g/mol. The highest BCUT2D eigenvalue weighted by atomic mass is 16.3. The first-order chi connectivity index (χ1) is 9.13. The number of aromatic nitrogens is 1. The number of nitrogen functional groups attached to an aromatic ring is 2. The smallest absolute Gasteiger partial charge is 0.223 e. The Morgan fingerprint density at radius 3 is 2.63 bits per heavy atom. The highest BCUT2D eigenvalue weighted by molar-refractivity contribution is 6.11. The average Bonchev–Trinajstić information content (AvgIpc) is 2.38. The number of nitrogens with one attached hydrogen (secondary N) is 1. The van der Waals surface area contributed by atoms with Gasteiger partial charge in [0.25, 0.3) is 0 Å². The normalized spacial score (nSPS) is 10.7. The third-order valence-electron chi connectivity index (χ3n) is 2.96. The number of nitrogens with zero attached hydrogens (tertiary/aromatic N) is 2. The largest absolute Gasteiger partial charge is 0.438 e. The molecular formula is C13H9N5O. The Kier molecular flexibility index (Phi) is 2.16. The molecule has 1 aromatic carbocycles. The SMILES string of the molecule is N#Cc1c(N)nc(N)c2c(=N)oc3ccccc3c12. The molecule has 2 heterocycles. The molecule has 0 atom stereocenters. The molecule has 0 saturated heterocycles. The molecule has 3 aromatic rings. The van der Waals surface area contributed by atoms with E-state index < -0.39 is 0 Å². The first kappa shape index (κ1) is 11.0. The first-order valence-corrected chi connectivity index (χ1v) is 5.48. The van der Waals surface area contributed by atoms with Crippen LogP contribution in [0.25, 0.3) is 21.7 Å². The molecule has 0 radical (unpaired) electrons. The summed E-state index contributed by atoms with van der Waals surface area (Å²) in [6.45, 7) is 0. The molecule has 2 aromatic heterocycles. The molecule has 0 spiro atoms. The Balaban J connectivity index is 2.78. The van der Waals surface area contributed by atoms with Gasteiger partial charge in [0.15, 0.2) is 0 Å². The van der Waals surface area contributed by atoms with E-state index in [1.54, 1.807) is 18.2 Å². The van der Waals surface area contributed by atoms with Crippen molar-refractivity contribution < 1.29 is 4.42 Å². The van der Waals surface area contributed by atoms with Gasteiger partial charge in [-0.3, -0.25) is 5.41 Å². The van der Waals surface area contributed by atoms with E-state index in [2.05, 4.69) is 4.98 Å². The minimum absolute atomic E-state index is 0.0586. The summed E-state index contributed by atoms with van der Waals surface area (Å²) in [5.41, 5.74) is 12.1. The summed E-state index contributed by atoms with van der Waals surface area (Å²) in [6, 6.07) is 9.13. The minimum atomic E-state index is -0.129. The van der Waals surface area contributed by atoms with Gasteiger partial charge in [-0.15, -0.1) is 0 Å². The number of nitriles is 1. The summed E-state index contributed by atoms with van der Waals surface area (Å²) in [5.74, 6) is 0.147. The lowest BCUT2D eigenvalue weighted by Crippen LogP contribution is -2.09. The number of fused-ring (bicyclic) bond motifs is 3. The van der Waals surface area contributed by atoms with Crippen molar-refractivity contribution in [3.8, 4) is 6.07 Å². The van der Waals surface area contributed by atoms with Crippen LogP contribution in [-0.2, 0) is 0 Å². The van der Waals surface area contributed by atoms with E-state index in [4.69, 9.17) is 21.3 Å². The van der Waals surface area contributed by atoms with Crippen LogP contribution in [0.15, 0.2) is 28.7 Å². The van der Waals surface area contributed by atoms with Crippen molar-refractivity contribution in [1.82, 2.24) is 4.98 Å². The highest BCUT2D eigenvalue weighted by Gasteiger charge is 2.16. The summed E-state index contributed by atoms with van der Waals surface area (Å²) in [7, 11) is 0. The van der Waals surface area contributed by atoms with E-state index >= 15 is 0 Å². The van der Waals surface area contributed by atoms with E-state index in [1.807, 2.05) is 12.1 Å². The van der Waals surface area contributed by atoms with Gasteiger partial charge in [-0.25, -0.2) is 4.98 Å². The third kappa shape index (κ3) is 1.42. The van der Waals surface area contributed by atoms with Gasteiger partial charge in [-0.1, -0.05) is 18.2 Å². The number of nitrogens with two attached hydrogens (primary N) is 2. The lowest BCUT2D eigenvalue weighted by Gasteiger charge is -2.08. The molecule has 0 saturated carbocycles. The second kappa shape index (κ2) is 3.71. The molecular weight excluding hydrogens is 242 g/mol. The van der Waals surface area contributed by atoms with Crippen LogP contribution in [0.3, 0.4) is 0 Å². The lowest BCUT2D eigenvalue weighted by molar-refractivity contribution is 0.542. The molecule has 0 amide bonds. The fraction of sp³-hybridized carbons (Fsp3) is 0. The lowest BCUT2D eigenvalue weighted by atomic mass is 10.0. The molecule has 0 unspecified atom stereocenters. The Morgan fingerprint density at radius 1 is 1.16 bits per heavy atom. The van der Waals surface area contributed by atoms with Crippen LogP contribution in [0.1, 0.15) is 5.56 Å². The fourth-order valence-electron chi connectivity index (χ4n) is 2.16. The van der Waals surface area contributed by atoms with Crippen LogP contribution in [-0.4, -0.2) is 4.98 Å². The molecule has 5 N–H and O–H groups in total. The van der Waals surface area contributed by atoms with E-state index in [1.165, 1.54) is 0 Å². The van der Waals surface area contributed by atoms with Crippen LogP contribution in [0.4, 0.5) is 11.6 Å². The van der Waals surface area contributed by atoms with Gasteiger partial charge in [0, 0.05) is 10.8 Å².